The Balaban J connectivity index is 0. The second-order valence-electron chi connectivity index (χ2n) is 25.3. The van der Waals surface area contributed by atoms with Gasteiger partial charge in [-0.1, -0.05) is 118 Å². The second-order valence-corrected chi connectivity index (χ2v) is 25.3. The fraction of sp³-hybridized carbons (Fsp3) is 0.800. The Labute approximate surface area is 620 Å². The maximum Gasteiger partial charge on any atom is 0.309 e. The van der Waals surface area contributed by atoms with Crippen molar-refractivity contribution in [3.8, 4) is 0 Å². The van der Waals surface area contributed by atoms with Gasteiger partial charge in [0.1, 0.15) is 94.6 Å². The van der Waals surface area contributed by atoms with Crippen LogP contribution in [0.3, 0.4) is 0 Å². The summed E-state index contributed by atoms with van der Waals surface area (Å²) in [6.45, 7) is 27.2. The predicted molar refractivity (Wildman–Crippen MR) is 376 cm³/mol. The molecule has 0 spiro atoms. The first-order valence-electron chi connectivity index (χ1n) is 37.5. The van der Waals surface area contributed by atoms with E-state index in [-0.39, 0.29) is 162 Å². The van der Waals surface area contributed by atoms with Crippen molar-refractivity contribution < 1.29 is 143 Å². The minimum atomic E-state index is -1.21. The van der Waals surface area contributed by atoms with Gasteiger partial charge in [0.05, 0.1) is 68.6 Å². The van der Waals surface area contributed by atoms with Crippen molar-refractivity contribution in [2.75, 3.05) is 39.6 Å². The molecule has 0 aromatic carbocycles. The normalized spacial score (nSPS) is 14.6. The van der Waals surface area contributed by atoms with E-state index >= 15 is 0 Å². The molecule has 0 amide bonds. The molecule has 30 nitrogen and oxygen atoms in total. The molecule has 0 heterocycles. The van der Waals surface area contributed by atoms with E-state index in [0.29, 0.717) is 44.9 Å². The van der Waals surface area contributed by atoms with E-state index < -0.39 is 155 Å². The number of carbonyl (C=O) groups excluding carboxylic acids is 15. The van der Waals surface area contributed by atoms with Crippen LogP contribution in [-0.4, -0.2) is 184 Å². The topological polar surface area (TPSA) is 394 Å². The Hall–Kier alpha value is -7.95. The van der Waals surface area contributed by atoms with E-state index in [1.807, 2.05) is 0 Å². The van der Waals surface area contributed by atoms with Gasteiger partial charge in [0.15, 0.2) is 0 Å². The largest absolute Gasteiger partial charge is 0.465 e. The Morgan fingerprint density at radius 3 is 0.400 bits per heavy atom. The molecule has 0 aliphatic carbocycles. The fourth-order valence-corrected chi connectivity index (χ4v) is 9.03. The molecule has 9 unspecified atom stereocenters. The van der Waals surface area contributed by atoms with E-state index in [2.05, 4.69) is 0 Å². The zero-order valence-corrected chi connectivity index (χ0v) is 65.6. The van der Waals surface area contributed by atoms with Crippen molar-refractivity contribution in [2.45, 2.75) is 340 Å². The first-order valence-corrected chi connectivity index (χ1v) is 37.5. The summed E-state index contributed by atoms with van der Waals surface area (Å²) in [6, 6.07) is 0. The van der Waals surface area contributed by atoms with Crippen molar-refractivity contribution in [3.63, 3.8) is 0 Å². The van der Waals surface area contributed by atoms with E-state index in [1.165, 1.54) is 0 Å². The summed E-state index contributed by atoms with van der Waals surface area (Å²) < 4.78 is 81.4. The summed E-state index contributed by atoms with van der Waals surface area (Å²) >= 11 is 0. The molecule has 0 aliphatic heterocycles. The van der Waals surface area contributed by atoms with Gasteiger partial charge in [-0.25, -0.2) is 0 Å². The minimum Gasteiger partial charge on any atom is -0.465 e. The third-order valence-electron chi connectivity index (χ3n) is 16.8. The molecule has 105 heavy (non-hydrogen) atoms. The maximum atomic E-state index is 13.0. The highest BCUT2D eigenvalue weighted by Gasteiger charge is 2.38. The fourth-order valence-electron chi connectivity index (χ4n) is 9.03. The van der Waals surface area contributed by atoms with Gasteiger partial charge in [-0.2, -0.15) is 0 Å². The zero-order valence-electron chi connectivity index (χ0n) is 65.6. The molecule has 30 heteroatoms. The number of carbonyl (C=O) groups is 15. The van der Waals surface area contributed by atoms with Crippen molar-refractivity contribution in [1.29, 1.82) is 0 Å². The lowest BCUT2D eigenvalue weighted by Crippen LogP contribution is -2.40. The molecule has 0 aliphatic rings. The van der Waals surface area contributed by atoms with Crippen molar-refractivity contribution in [1.82, 2.24) is 0 Å². The van der Waals surface area contributed by atoms with E-state index in [1.54, 1.807) is 118 Å². The summed E-state index contributed by atoms with van der Waals surface area (Å²) in [7, 11) is 0. The molecule has 0 saturated heterocycles. The molecule has 0 saturated carbocycles. The number of hydrogen-bond donors (Lipinski definition) is 0. The van der Waals surface area contributed by atoms with Gasteiger partial charge in [0.2, 0.25) is 0 Å². The van der Waals surface area contributed by atoms with Crippen LogP contribution in [0.25, 0.3) is 0 Å². The Bertz CT molecular complexity index is 2540. The quantitative estimate of drug-likeness (QED) is 0.0403. The summed E-state index contributed by atoms with van der Waals surface area (Å²) in [6.07, 6.45) is -3.81. The molecule has 0 aromatic heterocycles. The third-order valence-corrected chi connectivity index (χ3v) is 16.8. The number of hydrogen-bond acceptors (Lipinski definition) is 30. The summed E-state index contributed by atoms with van der Waals surface area (Å²) in [5.41, 5.74) is -2.37. The van der Waals surface area contributed by atoms with E-state index in [9.17, 15) is 71.9 Å². The molecule has 0 fully saturated rings. The lowest BCUT2D eigenvalue weighted by molar-refractivity contribution is -0.171. The van der Waals surface area contributed by atoms with Crippen LogP contribution in [0.4, 0.5) is 0 Å². The first kappa shape index (κ1) is 99.1. The van der Waals surface area contributed by atoms with Crippen molar-refractivity contribution in [3.05, 3.63) is 0 Å². The Kier molecular flexibility index (Phi) is 54.1. The SMILES string of the molecule is CCC(=O)OC(CC)CC(=O)OCC(CC)(COC(=O)CC(CC)OC(=O)CC(CC)OC(=O)CC)COC(=O)CC(CC)OC(=O)CC(CC)OC(=O)CC.CCC(=O)OC(CC)CC(=O)OCC(CC)(COC(=O)CC(CC)OC(=O)CC)COC(=O)CC(CC)OC(=O)CC(CC)OC(=O)CC. The van der Waals surface area contributed by atoms with E-state index in [4.69, 9.17) is 71.1 Å². The highest BCUT2D eigenvalue weighted by molar-refractivity contribution is 5.77. The van der Waals surface area contributed by atoms with E-state index in [0.717, 1.165) is 0 Å². The number of ether oxygens (including phenoxy) is 15. The number of esters is 15. The van der Waals surface area contributed by atoms with Crippen LogP contribution < -0.4 is 0 Å². The van der Waals surface area contributed by atoms with Gasteiger partial charge in [-0.05, 0) is 70.6 Å². The molecule has 9 atom stereocenters. The predicted octanol–water partition coefficient (Wildman–Crippen LogP) is 10.9. The van der Waals surface area contributed by atoms with Gasteiger partial charge in [0.25, 0.3) is 0 Å². The van der Waals surface area contributed by atoms with Crippen LogP contribution in [0, 0.1) is 10.8 Å². The zero-order chi connectivity index (χ0) is 80.1. The van der Waals surface area contributed by atoms with Gasteiger partial charge >= 0.3 is 89.5 Å². The maximum absolute atomic E-state index is 13.0. The van der Waals surface area contributed by atoms with Crippen LogP contribution >= 0.6 is 0 Å². The first-order chi connectivity index (χ1) is 49.8. The highest BCUT2D eigenvalue weighted by Crippen LogP contribution is 2.29. The average Bonchev–Trinajstić information content (AvgIpc) is 0.862. The monoisotopic (exact) mass is 1500 g/mol. The molecular formula is C75H124O30. The standard InChI is InChI=1S/C40H66O16.C35H58O14/c1-10-27(52-32(41)15-6)19-35(44)49-24-40(18-9,25-50-36(45)20-28(11-2)55-38(47)22-30(13-4)53-33(42)16-7)26-51-37(46)21-29(12-3)56-39(48)23-31(14-5)54-34(43)17-8;1-9-24(46-28(36)13-5)17-31(39)43-21-35(16-8,22-44-32(40)18-25(10-2)47-29(37)14-6)23-45-33(41)19-26(11-3)49-34(42)20-27(12-4)48-30(38)15-7/h27-31H,10-26H2,1-9H3;24-27H,9-23H2,1-8H3. The van der Waals surface area contributed by atoms with Gasteiger partial charge in [-0.3, -0.25) is 71.9 Å². The molecule has 0 rings (SSSR count). The lowest BCUT2D eigenvalue weighted by atomic mass is 9.88. The molecule has 604 valence electrons. The van der Waals surface area contributed by atoms with Gasteiger partial charge in [-0.15, -0.1) is 0 Å². The third kappa shape index (κ3) is 45.9. The molecule has 0 bridgehead atoms. The lowest BCUT2D eigenvalue weighted by Gasteiger charge is -2.31. The van der Waals surface area contributed by atoms with Crippen LogP contribution in [-0.2, 0) is 143 Å². The molecule has 0 radical (unpaired) electrons. The van der Waals surface area contributed by atoms with Crippen LogP contribution in [0.5, 0.6) is 0 Å². The molecule has 0 N–H and O–H groups in total. The summed E-state index contributed by atoms with van der Waals surface area (Å²) in [5, 5.41) is 0. The smallest absolute Gasteiger partial charge is 0.309 e. The summed E-state index contributed by atoms with van der Waals surface area (Å²) in [5.74, 6) is -8.72. The van der Waals surface area contributed by atoms with Crippen LogP contribution in [0.1, 0.15) is 285 Å². The summed E-state index contributed by atoms with van der Waals surface area (Å²) in [4.78, 5) is 185. The Morgan fingerprint density at radius 1 is 0.181 bits per heavy atom. The van der Waals surface area contributed by atoms with Crippen LogP contribution in [0.2, 0.25) is 0 Å². The van der Waals surface area contributed by atoms with Gasteiger partial charge < -0.3 is 71.1 Å². The minimum absolute atomic E-state index is 0.138. The molecular weight excluding hydrogens is 1380 g/mol. The Morgan fingerprint density at radius 2 is 0.295 bits per heavy atom. The number of rotatable bonds is 56. The average molecular weight is 1510 g/mol. The van der Waals surface area contributed by atoms with Gasteiger partial charge in [0, 0.05) is 38.5 Å². The van der Waals surface area contributed by atoms with Crippen molar-refractivity contribution >= 4 is 89.5 Å². The van der Waals surface area contributed by atoms with Crippen LogP contribution in [0.15, 0.2) is 0 Å². The second kappa shape index (κ2) is 57.3. The molecule has 0 aromatic rings. The van der Waals surface area contributed by atoms with Crippen molar-refractivity contribution in [2.24, 2.45) is 10.8 Å². The highest BCUT2D eigenvalue weighted by atomic mass is 16.6.